The molecule has 5 atom stereocenters. The first-order valence-electron chi connectivity index (χ1n) is 8.12. The number of nitrogens with two attached hydrogens (primary N) is 1. The molecule has 1 saturated heterocycles. The summed E-state index contributed by atoms with van der Waals surface area (Å²) in [7, 11) is 1.37. The van der Waals surface area contributed by atoms with Crippen molar-refractivity contribution >= 4 is 0 Å². The molecule has 0 aromatic heterocycles. The van der Waals surface area contributed by atoms with Crippen LogP contribution in [0.1, 0.15) is 26.2 Å². The molecule has 0 bridgehead atoms. The van der Waals surface area contributed by atoms with Crippen molar-refractivity contribution in [2.75, 3.05) is 26.7 Å². The van der Waals surface area contributed by atoms with Crippen LogP contribution in [0.4, 0.5) is 0 Å². The molecule has 0 spiro atoms. The maximum atomic E-state index is 9.92. The van der Waals surface area contributed by atoms with Crippen molar-refractivity contribution in [1.29, 1.82) is 0 Å². The predicted octanol–water partition coefficient (Wildman–Crippen LogP) is -1.39. The highest BCUT2D eigenvalue weighted by molar-refractivity contribution is 4.97. The Morgan fingerprint density at radius 3 is 2.61 bits per heavy atom. The summed E-state index contributed by atoms with van der Waals surface area (Å²) in [5, 5.41) is 35.7. The van der Waals surface area contributed by atoms with E-state index in [4.69, 9.17) is 15.2 Å². The zero-order chi connectivity index (χ0) is 17.2. The van der Waals surface area contributed by atoms with Crippen molar-refractivity contribution in [3.8, 4) is 0 Å². The van der Waals surface area contributed by atoms with E-state index in [2.05, 4.69) is 17.6 Å². The molecule has 0 aromatic rings. The van der Waals surface area contributed by atoms with E-state index < -0.39 is 30.7 Å². The Labute approximate surface area is 137 Å². The molecule has 0 aromatic carbocycles. The third-order valence-electron chi connectivity index (χ3n) is 3.75. The number of methoxy groups -OCH3 is 1. The highest BCUT2D eigenvalue weighted by Gasteiger charge is 2.43. The zero-order valence-electron chi connectivity index (χ0n) is 13.9. The van der Waals surface area contributed by atoms with Gasteiger partial charge in [0.25, 0.3) is 0 Å². The first-order chi connectivity index (χ1) is 11.0. The van der Waals surface area contributed by atoms with Crippen molar-refractivity contribution in [2.24, 2.45) is 5.73 Å². The molecule has 0 saturated carbocycles. The normalized spacial score (nSPS) is 32.0. The lowest BCUT2D eigenvalue weighted by atomic mass is 9.99. The minimum atomic E-state index is -1.31. The van der Waals surface area contributed by atoms with Gasteiger partial charge in [-0.2, -0.15) is 0 Å². The SMILES string of the molecule is CCCNCCC/C(N)=C/NCC1OC(OC)C(O)C(O)C1O. The Kier molecular flexibility index (Phi) is 9.46. The predicted molar refractivity (Wildman–Crippen MR) is 86.4 cm³/mol. The number of aliphatic hydroxyl groups is 3. The number of nitrogens with one attached hydrogen (secondary N) is 2. The topological polar surface area (TPSA) is 129 Å². The highest BCUT2D eigenvalue weighted by Crippen LogP contribution is 2.21. The van der Waals surface area contributed by atoms with Crippen LogP contribution < -0.4 is 16.4 Å². The van der Waals surface area contributed by atoms with Crippen LogP contribution in [0.15, 0.2) is 11.9 Å². The van der Waals surface area contributed by atoms with Gasteiger partial charge in [-0.3, -0.25) is 0 Å². The van der Waals surface area contributed by atoms with Crippen molar-refractivity contribution < 1.29 is 24.8 Å². The molecule has 1 heterocycles. The number of rotatable bonds is 10. The van der Waals surface area contributed by atoms with E-state index in [0.717, 1.165) is 32.4 Å². The Morgan fingerprint density at radius 2 is 1.96 bits per heavy atom. The summed E-state index contributed by atoms with van der Waals surface area (Å²) >= 11 is 0. The molecule has 5 unspecified atom stereocenters. The number of ether oxygens (including phenoxy) is 2. The van der Waals surface area contributed by atoms with E-state index in [-0.39, 0.29) is 6.54 Å². The molecule has 1 aliphatic rings. The van der Waals surface area contributed by atoms with Gasteiger partial charge in [-0.15, -0.1) is 0 Å². The minimum Gasteiger partial charge on any atom is -0.401 e. The Hall–Kier alpha value is -0.900. The van der Waals surface area contributed by atoms with E-state index in [9.17, 15) is 15.3 Å². The van der Waals surface area contributed by atoms with Gasteiger partial charge in [0.15, 0.2) is 6.29 Å². The third-order valence-corrected chi connectivity index (χ3v) is 3.75. The van der Waals surface area contributed by atoms with Crippen LogP contribution >= 0.6 is 0 Å². The minimum absolute atomic E-state index is 0.250. The lowest BCUT2D eigenvalue weighted by molar-refractivity contribution is -0.288. The maximum Gasteiger partial charge on any atom is 0.186 e. The second-order valence-corrected chi connectivity index (χ2v) is 5.73. The van der Waals surface area contributed by atoms with Gasteiger partial charge in [-0.25, -0.2) is 0 Å². The van der Waals surface area contributed by atoms with Crippen LogP contribution in [0.5, 0.6) is 0 Å². The van der Waals surface area contributed by atoms with E-state index in [0.29, 0.717) is 5.70 Å². The smallest absolute Gasteiger partial charge is 0.186 e. The van der Waals surface area contributed by atoms with Crippen LogP contribution in [0.3, 0.4) is 0 Å². The fourth-order valence-corrected chi connectivity index (χ4v) is 2.38. The standard InChI is InChI=1S/C15H31N3O5/c1-3-6-17-7-4-5-10(16)8-18-9-11-12(19)13(20)14(21)15(22-2)23-11/h8,11-15,17-21H,3-7,9,16H2,1-2H3/b10-8-. The zero-order valence-corrected chi connectivity index (χ0v) is 13.9. The first-order valence-corrected chi connectivity index (χ1v) is 8.12. The Morgan fingerprint density at radius 1 is 1.22 bits per heavy atom. The average Bonchev–Trinajstić information content (AvgIpc) is 2.54. The van der Waals surface area contributed by atoms with Gasteiger partial charge in [0, 0.05) is 25.6 Å². The number of aliphatic hydroxyl groups excluding tert-OH is 3. The molecule has 0 aliphatic carbocycles. The molecule has 8 heteroatoms. The molecule has 1 rings (SSSR count). The summed E-state index contributed by atoms with van der Waals surface area (Å²) < 4.78 is 10.4. The average molecular weight is 333 g/mol. The van der Waals surface area contributed by atoms with E-state index in [1.54, 1.807) is 6.20 Å². The highest BCUT2D eigenvalue weighted by atomic mass is 16.7. The maximum absolute atomic E-state index is 9.92. The van der Waals surface area contributed by atoms with Crippen LogP contribution in [-0.4, -0.2) is 72.8 Å². The summed E-state index contributed by atoms with van der Waals surface area (Å²) in [6.45, 7) is 4.30. The second-order valence-electron chi connectivity index (χ2n) is 5.73. The molecule has 136 valence electrons. The lowest BCUT2D eigenvalue weighted by Gasteiger charge is -2.39. The van der Waals surface area contributed by atoms with Gasteiger partial charge >= 0.3 is 0 Å². The third kappa shape index (κ3) is 6.62. The molecule has 0 radical (unpaired) electrons. The van der Waals surface area contributed by atoms with Gasteiger partial charge in [0.05, 0.1) is 0 Å². The lowest BCUT2D eigenvalue weighted by Crippen LogP contribution is -2.59. The second kappa shape index (κ2) is 10.8. The summed E-state index contributed by atoms with van der Waals surface area (Å²) in [5.41, 5.74) is 6.60. The monoisotopic (exact) mass is 333 g/mol. The molecule has 23 heavy (non-hydrogen) atoms. The van der Waals surface area contributed by atoms with Gasteiger partial charge in [0.2, 0.25) is 0 Å². The van der Waals surface area contributed by atoms with Crippen molar-refractivity contribution in [3.63, 3.8) is 0 Å². The van der Waals surface area contributed by atoms with Gasteiger partial charge in [-0.05, 0) is 32.4 Å². The Bertz CT molecular complexity index is 354. The molecule has 1 fully saturated rings. The fourth-order valence-electron chi connectivity index (χ4n) is 2.38. The first kappa shape index (κ1) is 20.1. The van der Waals surface area contributed by atoms with Crippen LogP contribution in [0.2, 0.25) is 0 Å². The van der Waals surface area contributed by atoms with Crippen LogP contribution in [-0.2, 0) is 9.47 Å². The molecule has 0 amide bonds. The summed E-state index contributed by atoms with van der Waals surface area (Å²) in [5.74, 6) is 0. The molecule has 1 aliphatic heterocycles. The summed E-state index contributed by atoms with van der Waals surface area (Å²) in [4.78, 5) is 0. The van der Waals surface area contributed by atoms with Crippen molar-refractivity contribution in [1.82, 2.24) is 10.6 Å². The van der Waals surface area contributed by atoms with Crippen LogP contribution in [0, 0.1) is 0 Å². The van der Waals surface area contributed by atoms with Gasteiger partial charge < -0.3 is 41.2 Å². The number of allylic oxidation sites excluding steroid dienone is 1. The summed E-state index contributed by atoms with van der Waals surface area (Å²) in [6, 6.07) is 0. The van der Waals surface area contributed by atoms with Crippen molar-refractivity contribution in [3.05, 3.63) is 11.9 Å². The van der Waals surface area contributed by atoms with Gasteiger partial charge in [0.1, 0.15) is 24.4 Å². The molecule has 8 nitrogen and oxygen atoms in total. The number of hydrogen-bond acceptors (Lipinski definition) is 8. The van der Waals surface area contributed by atoms with E-state index in [1.165, 1.54) is 7.11 Å². The van der Waals surface area contributed by atoms with Gasteiger partial charge in [-0.1, -0.05) is 6.92 Å². The Balaban J connectivity index is 2.31. The molecular formula is C15H31N3O5. The van der Waals surface area contributed by atoms with E-state index in [1.807, 2.05) is 0 Å². The van der Waals surface area contributed by atoms with Crippen LogP contribution in [0.25, 0.3) is 0 Å². The quantitative estimate of drug-likeness (QED) is 0.270. The molecular weight excluding hydrogens is 302 g/mol. The number of hydrogen-bond donors (Lipinski definition) is 6. The van der Waals surface area contributed by atoms with Crippen molar-refractivity contribution in [2.45, 2.75) is 56.9 Å². The fraction of sp³-hybridized carbons (Fsp3) is 0.867. The van der Waals surface area contributed by atoms with E-state index >= 15 is 0 Å². The summed E-state index contributed by atoms with van der Waals surface area (Å²) in [6.07, 6.45) is -0.955. The molecule has 7 N–H and O–H groups in total. The largest absolute Gasteiger partial charge is 0.401 e.